The maximum absolute atomic E-state index is 13.5. The second-order valence-electron chi connectivity index (χ2n) is 5.10. The minimum absolute atomic E-state index is 0.293. The lowest BCUT2D eigenvalue weighted by Crippen LogP contribution is -2.27. The summed E-state index contributed by atoms with van der Waals surface area (Å²) in [6.45, 7) is 0. The molecule has 3 rings (SSSR count). The number of halogens is 1. The molecule has 0 aromatic heterocycles. The van der Waals surface area contributed by atoms with Crippen molar-refractivity contribution >= 4 is 46.0 Å². The molecule has 128 valence electrons. The smallest absolute Gasteiger partial charge is 0.270 e. The Labute approximate surface area is 154 Å². The maximum Gasteiger partial charge on any atom is 0.270 e. The van der Waals surface area contributed by atoms with Crippen molar-refractivity contribution in [2.75, 3.05) is 19.1 Å². The molecule has 0 spiro atoms. The van der Waals surface area contributed by atoms with Gasteiger partial charge >= 0.3 is 0 Å². The van der Waals surface area contributed by atoms with Crippen LogP contribution in [0.3, 0.4) is 0 Å². The van der Waals surface area contributed by atoms with Crippen LogP contribution in [0.1, 0.15) is 5.56 Å². The van der Waals surface area contributed by atoms with E-state index in [1.807, 2.05) is 0 Å². The number of carbonyl (C=O) groups is 1. The number of amides is 1. The van der Waals surface area contributed by atoms with E-state index in [1.54, 1.807) is 50.6 Å². The van der Waals surface area contributed by atoms with Crippen molar-refractivity contribution in [3.63, 3.8) is 0 Å². The van der Waals surface area contributed by atoms with E-state index in [1.165, 1.54) is 28.8 Å². The van der Waals surface area contributed by atoms with Crippen LogP contribution in [0.15, 0.2) is 47.4 Å². The van der Waals surface area contributed by atoms with Gasteiger partial charge in [-0.3, -0.25) is 9.69 Å². The molecular weight excluding hydrogens is 361 g/mol. The highest BCUT2D eigenvalue weighted by molar-refractivity contribution is 8.27. The lowest BCUT2D eigenvalue weighted by molar-refractivity contribution is -0.113. The van der Waals surface area contributed by atoms with Gasteiger partial charge in [0, 0.05) is 11.6 Å². The van der Waals surface area contributed by atoms with Crippen LogP contribution < -0.4 is 14.4 Å². The highest BCUT2D eigenvalue weighted by Gasteiger charge is 2.33. The second kappa shape index (κ2) is 7.25. The second-order valence-corrected chi connectivity index (χ2v) is 6.78. The Morgan fingerprint density at radius 1 is 1.16 bits per heavy atom. The number of ether oxygens (including phenoxy) is 2. The molecule has 1 fully saturated rings. The zero-order valence-corrected chi connectivity index (χ0v) is 15.1. The maximum atomic E-state index is 13.5. The van der Waals surface area contributed by atoms with Crippen molar-refractivity contribution in [1.29, 1.82) is 0 Å². The lowest BCUT2D eigenvalue weighted by Gasteiger charge is -2.14. The first-order chi connectivity index (χ1) is 12.0. The quantitative estimate of drug-likeness (QED) is 0.590. The Morgan fingerprint density at radius 2 is 1.96 bits per heavy atom. The number of carbonyl (C=O) groups excluding carboxylic acids is 1. The van der Waals surface area contributed by atoms with Gasteiger partial charge in [-0.1, -0.05) is 30.0 Å². The summed E-state index contributed by atoms with van der Waals surface area (Å²) >= 11 is 6.46. The third kappa shape index (κ3) is 3.52. The topological polar surface area (TPSA) is 38.8 Å². The molecule has 0 aliphatic carbocycles. The monoisotopic (exact) mass is 375 g/mol. The Balaban J connectivity index is 1.96. The number of hydrogen-bond donors (Lipinski definition) is 0. The van der Waals surface area contributed by atoms with E-state index in [0.29, 0.717) is 26.4 Å². The molecule has 4 nitrogen and oxygen atoms in total. The summed E-state index contributed by atoms with van der Waals surface area (Å²) < 4.78 is 24.3. The Hall–Kier alpha value is -2.38. The molecule has 0 atom stereocenters. The fraction of sp³-hybridized carbons (Fsp3) is 0.111. The molecule has 7 heteroatoms. The van der Waals surface area contributed by atoms with Gasteiger partial charge in [0.2, 0.25) is 0 Å². The lowest BCUT2D eigenvalue weighted by atomic mass is 10.1. The molecule has 0 N–H and O–H groups in total. The van der Waals surface area contributed by atoms with Crippen molar-refractivity contribution < 1.29 is 18.7 Å². The fourth-order valence-electron chi connectivity index (χ4n) is 2.38. The van der Waals surface area contributed by atoms with Crippen LogP contribution in [-0.4, -0.2) is 24.4 Å². The van der Waals surface area contributed by atoms with Crippen LogP contribution in [0.5, 0.6) is 11.5 Å². The summed E-state index contributed by atoms with van der Waals surface area (Å²) in [7, 11) is 3.11. The predicted molar refractivity (Wildman–Crippen MR) is 102 cm³/mol. The molecule has 1 heterocycles. The molecule has 0 unspecified atom stereocenters. The Morgan fingerprint density at radius 3 is 2.64 bits per heavy atom. The van der Waals surface area contributed by atoms with E-state index < -0.39 is 5.82 Å². The molecule has 1 aliphatic rings. The number of nitrogens with zero attached hydrogens (tertiary/aromatic N) is 1. The standard InChI is InChI=1S/C18H14FNO3S2/c1-22-14-7-6-11(15(10-14)23-2)8-16-17(21)20(18(24)25-16)13-5-3-4-12(19)9-13/h3-10H,1-2H3/b16-8-. The number of benzene rings is 2. The number of thiocarbonyl (C=S) groups is 1. The first-order valence-corrected chi connectivity index (χ1v) is 8.51. The SMILES string of the molecule is COc1ccc(/C=C2\SC(=S)N(c3cccc(F)c3)C2=O)c(OC)c1. The molecule has 0 radical (unpaired) electrons. The zero-order valence-electron chi connectivity index (χ0n) is 13.5. The van der Waals surface area contributed by atoms with Gasteiger partial charge in [-0.05, 0) is 36.4 Å². The molecule has 1 aliphatic heterocycles. The Kier molecular flexibility index (Phi) is 5.06. The minimum Gasteiger partial charge on any atom is -0.497 e. The van der Waals surface area contributed by atoms with Crippen molar-refractivity contribution in [2.45, 2.75) is 0 Å². The third-order valence-corrected chi connectivity index (χ3v) is 4.89. The van der Waals surface area contributed by atoms with Gasteiger partial charge in [0.15, 0.2) is 4.32 Å². The number of hydrogen-bond acceptors (Lipinski definition) is 5. The third-order valence-electron chi connectivity index (χ3n) is 3.59. The average molecular weight is 375 g/mol. The highest BCUT2D eigenvalue weighted by atomic mass is 32.2. The summed E-state index contributed by atoms with van der Waals surface area (Å²) in [4.78, 5) is 14.5. The van der Waals surface area contributed by atoms with Crippen LogP contribution in [0, 0.1) is 5.82 Å². The van der Waals surface area contributed by atoms with Crippen LogP contribution in [0.4, 0.5) is 10.1 Å². The molecule has 1 saturated heterocycles. The van der Waals surface area contributed by atoms with Gasteiger partial charge in [-0.25, -0.2) is 4.39 Å². The molecule has 25 heavy (non-hydrogen) atoms. The van der Waals surface area contributed by atoms with Gasteiger partial charge in [0.05, 0.1) is 24.8 Å². The molecule has 0 bridgehead atoms. The predicted octanol–water partition coefficient (Wildman–Crippen LogP) is 4.25. The zero-order chi connectivity index (χ0) is 18.0. The van der Waals surface area contributed by atoms with Gasteiger partial charge in [0.1, 0.15) is 17.3 Å². The van der Waals surface area contributed by atoms with Crippen molar-refractivity contribution in [1.82, 2.24) is 0 Å². The van der Waals surface area contributed by atoms with Crippen LogP contribution >= 0.6 is 24.0 Å². The Bertz CT molecular complexity index is 882. The molecular formula is C18H14FNO3S2. The first-order valence-electron chi connectivity index (χ1n) is 7.29. The molecule has 2 aromatic carbocycles. The van der Waals surface area contributed by atoms with Crippen LogP contribution in [0.2, 0.25) is 0 Å². The van der Waals surface area contributed by atoms with E-state index >= 15 is 0 Å². The van der Waals surface area contributed by atoms with Crippen LogP contribution in [-0.2, 0) is 4.79 Å². The van der Waals surface area contributed by atoms with E-state index in [2.05, 4.69) is 0 Å². The number of anilines is 1. The molecule has 1 amide bonds. The van der Waals surface area contributed by atoms with E-state index in [-0.39, 0.29) is 5.91 Å². The van der Waals surface area contributed by atoms with Crippen molar-refractivity contribution in [3.8, 4) is 11.5 Å². The fourth-order valence-corrected chi connectivity index (χ4v) is 3.67. The molecule has 2 aromatic rings. The van der Waals surface area contributed by atoms with E-state index in [9.17, 15) is 9.18 Å². The van der Waals surface area contributed by atoms with Gasteiger partial charge in [-0.2, -0.15) is 0 Å². The largest absolute Gasteiger partial charge is 0.497 e. The van der Waals surface area contributed by atoms with Gasteiger partial charge < -0.3 is 9.47 Å². The van der Waals surface area contributed by atoms with Crippen LogP contribution in [0.25, 0.3) is 6.08 Å². The minimum atomic E-state index is -0.424. The summed E-state index contributed by atoms with van der Waals surface area (Å²) in [6, 6.07) is 11.1. The van der Waals surface area contributed by atoms with Crippen molar-refractivity contribution in [2.24, 2.45) is 0 Å². The summed E-state index contributed by atoms with van der Waals surface area (Å²) in [5, 5.41) is 0. The summed E-state index contributed by atoms with van der Waals surface area (Å²) in [6.07, 6.45) is 1.71. The summed E-state index contributed by atoms with van der Waals surface area (Å²) in [5.41, 5.74) is 1.13. The van der Waals surface area contributed by atoms with E-state index in [0.717, 1.165) is 5.56 Å². The highest BCUT2D eigenvalue weighted by Crippen LogP contribution is 2.37. The number of rotatable bonds is 4. The number of methoxy groups -OCH3 is 2. The van der Waals surface area contributed by atoms with Gasteiger partial charge in [-0.15, -0.1) is 0 Å². The normalized spacial score (nSPS) is 15.8. The summed E-state index contributed by atoms with van der Waals surface area (Å²) in [5.74, 6) is 0.516. The van der Waals surface area contributed by atoms with Crippen molar-refractivity contribution in [3.05, 3.63) is 58.8 Å². The number of thioether (sulfide) groups is 1. The molecule has 0 saturated carbocycles. The van der Waals surface area contributed by atoms with E-state index in [4.69, 9.17) is 21.7 Å². The average Bonchev–Trinajstić information content (AvgIpc) is 2.88. The van der Waals surface area contributed by atoms with Gasteiger partial charge in [0.25, 0.3) is 5.91 Å². The first kappa shape index (κ1) is 17.4.